The summed E-state index contributed by atoms with van der Waals surface area (Å²) < 4.78 is 1.85. The second-order valence-corrected chi connectivity index (χ2v) is 7.22. The standard InChI is InChI=1S/C21H24N4O/c1-3-15-5-7-16(8-6-15)11-23-21(26)18-13-24-25-19-9-4-14(2)10-17(19)12-22-20(18)25/h5-8,12-14H,3-4,9-11H2,1-2H3,(H,23,26)/t14-/m0/s1. The summed E-state index contributed by atoms with van der Waals surface area (Å²) in [7, 11) is 0. The minimum atomic E-state index is -0.129. The minimum absolute atomic E-state index is 0.129. The highest BCUT2D eigenvalue weighted by atomic mass is 16.1. The molecule has 1 N–H and O–H groups in total. The van der Waals surface area contributed by atoms with E-state index >= 15 is 0 Å². The van der Waals surface area contributed by atoms with Crippen LogP contribution >= 0.6 is 0 Å². The van der Waals surface area contributed by atoms with Crippen molar-refractivity contribution in [2.75, 3.05) is 0 Å². The zero-order valence-corrected chi connectivity index (χ0v) is 15.3. The lowest BCUT2D eigenvalue weighted by atomic mass is 9.89. The molecule has 0 bridgehead atoms. The third-order valence-electron chi connectivity index (χ3n) is 5.28. The molecular weight excluding hydrogens is 324 g/mol. The SMILES string of the molecule is CCc1ccc(CNC(=O)c2cnn3c4c(cnc23)C[C@@H](C)CC4)cc1. The summed E-state index contributed by atoms with van der Waals surface area (Å²) in [6, 6.07) is 8.33. The van der Waals surface area contributed by atoms with E-state index in [1.54, 1.807) is 6.20 Å². The number of aryl methyl sites for hydroxylation is 2. The van der Waals surface area contributed by atoms with Crippen molar-refractivity contribution in [3.8, 4) is 0 Å². The van der Waals surface area contributed by atoms with Crippen molar-refractivity contribution in [3.63, 3.8) is 0 Å². The summed E-state index contributed by atoms with van der Waals surface area (Å²) in [6.07, 6.45) is 7.75. The molecule has 1 amide bonds. The van der Waals surface area contributed by atoms with E-state index in [0.29, 0.717) is 23.7 Å². The van der Waals surface area contributed by atoms with E-state index in [1.165, 1.54) is 16.8 Å². The van der Waals surface area contributed by atoms with E-state index in [-0.39, 0.29) is 5.91 Å². The molecule has 5 heteroatoms. The van der Waals surface area contributed by atoms with Crippen LogP contribution < -0.4 is 5.32 Å². The Hall–Kier alpha value is -2.69. The van der Waals surface area contributed by atoms with Gasteiger partial charge in [-0.25, -0.2) is 9.50 Å². The molecule has 1 aliphatic rings. The molecule has 1 aliphatic carbocycles. The molecule has 134 valence electrons. The number of nitrogens with zero attached hydrogens (tertiary/aromatic N) is 3. The van der Waals surface area contributed by atoms with Crippen LogP contribution in [0.3, 0.4) is 0 Å². The van der Waals surface area contributed by atoms with Crippen molar-refractivity contribution in [1.29, 1.82) is 0 Å². The lowest BCUT2D eigenvalue weighted by molar-refractivity contribution is 0.0952. The van der Waals surface area contributed by atoms with Gasteiger partial charge in [-0.3, -0.25) is 4.79 Å². The minimum Gasteiger partial charge on any atom is -0.348 e. The second kappa shape index (κ2) is 6.90. The molecule has 3 aromatic rings. The maximum atomic E-state index is 12.6. The van der Waals surface area contributed by atoms with Crippen LogP contribution in [0.2, 0.25) is 0 Å². The first-order valence-electron chi connectivity index (χ1n) is 9.36. The Morgan fingerprint density at radius 1 is 1.23 bits per heavy atom. The number of nitrogens with one attached hydrogen (secondary N) is 1. The Balaban J connectivity index is 1.53. The van der Waals surface area contributed by atoms with Gasteiger partial charge >= 0.3 is 0 Å². The molecule has 2 aromatic heterocycles. The molecule has 0 radical (unpaired) electrons. The Bertz CT molecular complexity index is 943. The maximum absolute atomic E-state index is 12.6. The highest BCUT2D eigenvalue weighted by molar-refractivity contribution is 5.99. The molecule has 1 atom stereocenters. The Labute approximate surface area is 153 Å². The molecule has 5 nitrogen and oxygen atoms in total. The largest absolute Gasteiger partial charge is 0.348 e. The van der Waals surface area contributed by atoms with Crippen LogP contribution in [0.4, 0.5) is 0 Å². The predicted octanol–water partition coefficient (Wildman–Crippen LogP) is 3.35. The highest BCUT2D eigenvalue weighted by Crippen LogP contribution is 2.25. The van der Waals surface area contributed by atoms with Crippen molar-refractivity contribution in [2.24, 2.45) is 5.92 Å². The Morgan fingerprint density at radius 3 is 2.77 bits per heavy atom. The molecule has 0 fully saturated rings. The fourth-order valence-corrected chi connectivity index (χ4v) is 3.64. The van der Waals surface area contributed by atoms with E-state index in [2.05, 4.69) is 53.5 Å². The number of fused-ring (bicyclic) bond motifs is 3. The quantitative estimate of drug-likeness (QED) is 0.787. The van der Waals surface area contributed by atoms with Crippen molar-refractivity contribution >= 4 is 11.6 Å². The fraction of sp³-hybridized carbons (Fsp3) is 0.381. The zero-order chi connectivity index (χ0) is 18.1. The normalized spacial score (nSPS) is 16.5. The summed E-state index contributed by atoms with van der Waals surface area (Å²) in [4.78, 5) is 17.2. The van der Waals surface area contributed by atoms with Crippen molar-refractivity contribution in [2.45, 2.75) is 46.1 Å². The predicted molar refractivity (Wildman–Crippen MR) is 101 cm³/mol. The van der Waals surface area contributed by atoms with Crippen LogP contribution in [0.25, 0.3) is 5.65 Å². The number of aromatic nitrogens is 3. The van der Waals surface area contributed by atoms with E-state index in [9.17, 15) is 4.79 Å². The monoisotopic (exact) mass is 348 g/mol. The molecule has 0 saturated heterocycles. The van der Waals surface area contributed by atoms with Gasteiger partial charge in [0, 0.05) is 18.4 Å². The Kier molecular flexibility index (Phi) is 4.45. The number of hydrogen-bond donors (Lipinski definition) is 1. The number of carbonyl (C=O) groups excluding carboxylic acids is 1. The molecule has 0 aliphatic heterocycles. The lowest BCUT2D eigenvalue weighted by Gasteiger charge is -2.21. The number of amides is 1. The van der Waals surface area contributed by atoms with Crippen LogP contribution in [0, 0.1) is 5.92 Å². The van der Waals surface area contributed by atoms with Crippen LogP contribution in [-0.4, -0.2) is 20.5 Å². The number of carbonyl (C=O) groups is 1. The first kappa shape index (κ1) is 16.8. The molecule has 2 heterocycles. The fourth-order valence-electron chi connectivity index (χ4n) is 3.64. The summed E-state index contributed by atoms with van der Waals surface area (Å²) in [5.41, 5.74) is 6.02. The highest BCUT2D eigenvalue weighted by Gasteiger charge is 2.21. The smallest absolute Gasteiger partial charge is 0.257 e. The van der Waals surface area contributed by atoms with Gasteiger partial charge in [0.15, 0.2) is 5.65 Å². The topological polar surface area (TPSA) is 59.3 Å². The van der Waals surface area contributed by atoms with Gasteiger partial charge in [0.05, 0.1) is 6.20 Å². The molecule has 0 unspecified atom stereocenters. The second-order valence-electron chi connectivity index (χ2n) is 7.22. The lowest BCUT2D eigenvalue weighted by Crippen LogP contribution is -2.23. The number of benzene rings is 1. The van der Waals surface area contributed by atoms with Gasteiger partial charge in [0.1, 0.15) is 5.56 Å². The number of rotatable bonds is 4. The van der Waals surface area contributed by atoms with E-state index < -0.39 is 0 Å². The van der Waals surface area contributed by atoms with Gasteiger partial charge < -0.3 is 5.32 Å². The average Bonchev–Trinajstić information content (AvgIpc) is 3.10. The van der Waals surface area contributed by atoms with Gasteiger partial charge in [-0.1, -0.05) is 38.1 Å². The van der Waals surface area contributed by atoms with Crippen LogP contribution in [0.15, 0.2) is 36.7 Å². The molecule has 4 rings (SSSR count). The van der Waals surface area contributed by atoms with E-state index in [1.807, 2.05) is 10.7 Å². The van der Waals surface area contributed by atoms with E-state index in [0.717, 1.165) is 31.2 Å². The zero-order valence-electron chi connectivity index (χ0n) is 15.3. The van der Waals surface area contributed by atoms with Gasteiger partial charge in [-0.2, -0.15) is 5.10 Å². The molecule has 1 aromatic carbocycles. The maximum Gasteiger partial charge on any atom is 0.257 e. The van der Waals surface area contributed by atoms with Gasteiger partial charge in [0.25, 0.3) is 5.91 Å². The van der Waals surface area contributed by atoms with Crippen LogP contribution in [0.5, 0.6) is 0 Å². The first-order valence-corrected chi connectivity index (χ1v) is 9.36. The van der Waals surface area contributed by atoms with Crippen molar-refractivity contribution < 1.29 is 4.79 Å². The molecular formula is C21H24N4O. The van der Waals surface area contributed by atoms with Gasteiger partial charge in [-0.15, -0.1) is 0 Å². The van der Waals surface area contributed by atoms with Crippen molar-refractivity contribution in [1.82, 2.24) is 19.9 Å². The first-order chi connectivity index (χ1) is 12.7. The van der Waals surface area contributed by atoms with Gasteiger partial charge in [0.2, 0.25) is 0 Å². The molecule has 26 heavy (non-hydrogen) atoms. The van der Waals surface area contributed by atoms with Gasteiger partial charge in [-0.05, 0) is 48.3 Å². The summed E-state index contributed by atoms with van der Waals surface area (Å²) in [5, 5.41) is 7.43. The Morgan fingerprint density at radius 2 is 2.00 bits per heavy atom. The average molecular weight is 348 g/mol. The van der Waals surface area contributed by atoms with Crippen molar-refractivity contribution in [3.05, 3.63) is 64.6 Å². The summed E-state index contributed by atoms with van der Waals surface area (Å²) in [5.74, 6) is 0.551. The molecule has 0 saturated carbocycles. The van der Waals surface area contributed by atoms with Crippen LogP contribution in [0.1, 0.15) is 53.0 Å². The number of hydrogen-bond acceptors (Lipinski definition) is 3. The molecule has 0 spiro atoms. The van der Waals surface area contributed by atoms with Crippen LogP contribution in [-0.2, 0) is 25.8 Å². The third kappa shape index (κ3) is 3.09. The van der Waals surface area contributed by atoms with E-state index in [4.69, 9.17) is 0 Å². The summed E-state index contributed by atoms with van der Waals surface area (Å²) >= 11 is 0. The third-order valence-corrected chi connectivity index (χ3v) is 5.28. The summed E-state index contributed by atoms with van der Waals surface area (Å²) in [6.45, 7) is 4.90.